The number of thiazole rings is 1. The minimum atomic E-state index is -0.257. The molecule has 1 atom stereocenters. The number of aromatic nitrogens is 2. The van der Waals surface area contributed by atoms with E-state index in [0.717, 1.165) is 32.7 Å². The lowest BCUT2D eigenvalue weighted by molar-refractivity contribution is -0.115. The topological polar surface area (TPSA) is 86.9 Å². The average Bonchev–Trinajstić information content (AvgIpc) is 3.31. The molecule has 1 unspecified atom stereocenters. The van der Waals surface area contributed by atoms with Gasteiger partial charge in [-0.25, -0.2) is 4.98 Å². The molecule has 5 rings (SSSR count). The van der Waals surface area contributed by atoms with Gasteiger partial charge in [-0.3, -0.25) is 14.9 Å². The van der Waals surface area contributed by atoms with Crippen molar-refractivity contribution in [3.63, 3.8) is 0 Å². The van der Waals surface area contributed by atoms with Gasteiger partial charge in [-0.15, -0.1) is 23.1 Å². The highest BCUT2D eigenvalue weighted by molar-refractivity contribution is 8.00. The van der Waals surface area contributed by atoms with Crippen LogP contribution in [0, 0.1) is 6.92 Å². The number of aryl methyl sites for hydroxylation is 1. The molecule has 2 amide bonds. The first-order valence-electron chi connectivity index (χ1n) is 9.46. The Bertz CT molecular complexity index is 1310. The van der Waals surface area contributed by atoms with Crippen molar-refractivity contribution < 1.29 is 9.59 Å². The molecule has 150 valence electrons. The van der Waals surface area contributed by atoms with Crippen LogP contribution in [0.4, 0.5) is 10.8 Å². The fourth-order valence-electron chi connectivity index (χ4n) is 3.57. The second kappa shape index (κ2) is 7.30. The summed E-state index contributed by atoms with van der Waals surface area (Å²) in [6.45, 7) is 3.88. The number of aromatic amines is 1. The summed E-state index contributed by atoms with van der Waals surface area (Å²) in [6.07, 6.45) is 0. The average molecular weight is 435 g/mol. The Morgan fingerprint density at radius 2 is 2.03 bits per heavy atom. The minimum absolute atomic E-state index is 0.0521. The van der Waals surface area contributed by atoms with E-state index < -0.39 is 0 Å². The van der Waals surface area contributed by atoms with Gasteiger partial charge in [0, 0.05) is 38.0 Å². The van der Waals surface area contributed by atoms with Gasteiger partial charge in [0.15, 0.2) is 5.13 Å². The third kappa shape index (κ3) is 3.28. The van der Waals surface area contributed by atoms with Crippen LogP contribution >= 0.6 is 23.1 Å². The lowest BCUT2D eigenvalue weighted by Crippen LogP contribution is -2.26. The Balaban J connectivity index is 1.39. The minimum Gasteiger partial charge on any atom is -0.358 e. The highest BCUT2D eigenvalue weighted by Crippen LogP contribution is 2.37. The van der Waals surface area contributed by atoms with E-state index in [2.05, 4.69) is 26.7 Å². The van der Waals surface area contributed by atoms with Crippen LogP contribution < -0.4 is 10.6 Å². The second-order valence-electron chi connectivity index (χ2n) is 7.12. The summed E-state index contributed by atoms with van der Waals surface area (Å²) in [7, 11) is 0. The molecule has 1 aliphatic heterocycles. The number of fused-ring (bicyclic) bond motifs is 2. The molecular weight excluding hydrogens is 416 g/mol. The molecule has 30 heavy (non-hydrogen) atoms. The van der Waals surface area contributed by atoms with E-state index in [1.165, 1.54) is 23.1 Å². The number of rotatable bonds is 3. The Hall–Kier alpha value is -3.10. The monoisotopic (exact) mass is 434 g/mol. The summed E-state index contributed by atoms with van der Waals surface area (Å²) < 4.78 is 0. The van der Waals surface area contributed by atoms with Crippen molar-refractivity contribution in [3.8, 4) is 11.3 Å². The van der Waals surface area contributed by atoms with E-state index in [0.29, 0.717) is 16.4 Å². The molecule has 2 aromatic carbocycles. The molecule has 0 fully saturated rings. The van der Waals surface area contributed by atoms with Gasteiger partial charge in [-0.1, -0.05) is 18.2 Å². The Labute approximate surface area is 181 Å². The highest BCUT2D eigenvalue weighted by Gasteiger charge is 2.24. The summed E-state index contributed by atoms with van der Waals surface area (Å²) in [5.41, 5.74) is 5.12. The number of anilines is 2. The molecule has 0 saturated heterocycles. The standard InChI is InChI=1S/C22H18N4O2S2/c1-11-19(14-5-3-4-6-15(14)23-11)17-10-29-22(25-17)26-21(28)13-7-8-18-16(9-13)24-20(27)12(2)30-18/h3-10,12,23H,1-2H3,(H,24,27)(H,25,26,28). The van der Waals surface area contributed by atoms with Crippen molar-refractivity contribution >= 4 is 56.6 Å². The van der Waals surface area contributed by atoms with Crippen LogP contribution in [-0.2, 0) is 4.79 Å². The Morgan fingerprint density at radius 3 is 2.90 bits per heavy atom. The number of nitrogens with zero attached hydrogens (tertiary/aromatic N) is 1. The van der Waals surface area contributed by atoms with Gasteiger partial charge >= 0.3 is 0 Å². The molecule has 0 radical (unpaired) electrons. The molecule has 8 heteroatoms. The molecule has 2 aromatic heterocycles. The van der Waals surface area contributed by atoms with Crippen LogP contribution in [0.1, 0.15) is 23.0 Å². The van der Waals surface area contributed by atoms with Crippen molar-refractivity contribution in [2.45, 2.75) is 24.0 Å². The van der Waals surface area contributed by atoms with Gasteiger partial charge < -0.3 is 10.3 Å². The van der Waals surface area contributed by atoms with Crippen LogP contribution in [0.2, 0.25) is 0 Å². The molecule has 0 spiro atoms. The largest absolute Gasteiger partial charge is 0.358 e. The van der Waals surface area contributed by atoms with Gasteiger partial charge in [0.05, 0.1) is 16.6 Å². The number of benzene rings is 2. The van der Waals surface area contributed by atoms with E-state index >= 15 is 0 Å². The molecular formula is C22H18N4O2S2. The molecule has 0 bridgehead atoms. The zero-order chi connectivity index (χ0) is 20.8. The summed E-state index contributed by atoms with van der Waals surface area (Å²) in [5.74, 6) is -0.309. The number of hydrogen-bond donors (Lipinski definition) is 3. The highest BCUT2D eigenvalue weighted by atomic mass is 32.2. The summed E-state index contributed by atoms with van der Waals surface area (Å²) in [6, 6.07) is 13.4. The van der Waals surface area contributed by atoms with Crippen LogP contribution in [-0.4, -0.2) is 27.0 Å². The maximum absolute atomic E-state index is 12.8. The van der Waals surface area contributed by atoms with Gasteiger partial charge in [-0.05, 0) is 38.1 Å². The van der Waals surface area contributed by atoms with Crippen LogP contribution in [0.15, 0.2) is 52.7 Å². The van der Waals surface area contributed by atoms with Crippen LogP contribution in [0.5, 0.6) is 0 Å². The number of nitrogens with one attached hydrogen (secondary N) is 3. The van der Waals surface area contributed by atoms with Gasteiger partial charge in [0.2, 0.25) is 5.91 Å². The van der Waals surface area contributed by atoms with Crippen molar-refractivity contribution in [1.29, 1.82) is 0 Å². The van der Waals surface area contributed by atoms with E-state index in [1.807, 2.05) is 43.5 Å². The van der Waals surface area contributed by atoms with Gasteiger partial charge in [-0.2, -0.15) is 0 Å². The molecule has 0 saturated carbocycles. The van der Waals surface area contributed by atoms with Gasteiger partial charge in [0.25, 0.3) is 5.91 Å². The quantitative estimate of drug-likeness (QED) is 0.409. The van der Waals surface area contributed by atoms with E-state index in [1.54, 1.807) is 12.1 Å². The summed E-state index contributed by atoms with van der Waals surface area (Å²) in [4.78, 5) is 33.6. The smallest absolute Gasteiger partial charge is 0.257 e. The molecule has 3 heterocycles. The van der Waals surface area contributed by atoms with Crippen molar-refractivity contribution in [3.05, 3.63) is 59.1 Å². The maximum Gasteiger partial charge on any atom is 0.257 e. The van der Waals surface area contributed by atoms with E-state index in [4.69, 9.17) is 0 Å². The Kier molecular flexibility index (Phi) is 4.60. The number of carbonyl (C=O) groups excluding carboxylic acids is 2. The van der Waals surface area contributed by atoms with E-state index in [-0.39, 0.29) is 17.1 Å². The lowest BCUT2D eigenvalue weighted by Gasteiger charge is -2.21. The molecule has 3 N–H and O–H groups in total. The van der Waals surface area contributed by atoms with Crippen molar-refractivity contribution in [2.24, 2.45) is 0 Å². The number of H-pyrrole nitrogens is 1. The molecule has 0 aliphatic carbocycles. The van der Waals surface area contributed by atoms with Crippen molar-refractivity contribution in [1.82, 2.24) is 9.97 Å². The van der Waals surface area contributed by atoms with Crippen LogP contribution in [0.25, 0.3) is 22.2 Å². The van der Waals surface area contributed by atoms with Crippen LogP contribution in [0.3, 0.4) is 0 Å². The maximum atomic E-state index is 12.8. The predicted octanol–water partition coefficient (Wildman–Crippen LogP) is 5.28. The third-order valence-electron chi connectivity index (χ3n) is 5.05. The fourth-order valence-corrected chi connectivity index (χ4v) is 5.20. The second-order valence-corrected chi connectivity index (χ2v) is 9.36. The summed E-state index contributed by atoms with van der Waals surface area (Å²) >= 11 is 2.88. The number of hydrogen-bond acceptors (Lipinski definition) is 5. The molecule has 6 nitrogen and oxygen atoms in total. The number of amides is 2. The van der Waals surface area contributed by atoms with E-state index in [9.17, 15) is 9.59 Å². The zero-order valence-electron chi connectivity index (χ0n) is 16.3. The Morgan fingerprint density at radius 1 is 1.20 bits per heavy atom. The zero-order valence-corrected chi connectivity index (χ0v) is 17.9. The fraction of sp³-hybridized carbons (Fsp3) is 0.136. The molecule has 4 aromatic rings. The molecule has 1 aliphatic rings. The van der Waals surface area contributed by atoms with Crippen molar-refractivity contribution in [2.75, 3.05) is 10.6 Å². The first kappa shape index (κ1) is 18.9. The SMILES string of the molecule is Cc1[nH]c2ccccc2c1-c1csc(NC(=O)c2ccc3c(c2)NC(=O)C(C)S3)n1. The predicted molar refractivity (Wildman–Crippen MR) is 122 cm³/mol. The third-order valence-corrected chi connectivity index (χ3v) is 6.98. The summed E-state index contributed by atoms with van der Waals surface area (Å²) in [5, 5.41) is 9.18. The number of thioether (sulfide) groups is 1. The normalized spacial score (nSPS) is 15.7. The van der Waals surface area contributed by atoms with Gasteiger partial charge in [0.1, 0.15) is 0 Å². The lowest BCUT2D eigenvalue weighted by atomic mass is 10.1. The first-order chi connectivity index (χ1) is 14.5. The first-order valence-corrected chi connectivity index (χ1v) is 11.2. The number of para-hydroxylation sites is 1. The number of carbonyl (C=O) groups is 2.